The minimum atomic E-state index is -4.95. The summed E-state index contributed by atoms with van der Waals surface area (Å²) in [5.41, 5.74) is -0.797. The van der Waals surface area contributed by atoms with Gasteiger partial charge in [-0.15, -0.1) is 4.89 Å². The number of phosphoric ester groups is 1. The number of ether oxygens (including phenoxy) is 1. The van der Waals surface area contributed by atoms with Gasteiger partial charge in [-0.1, -0.05) is 17.3 Å². The first-order valence-electron chi connectivity index (χ1n) is 9.57. The van der Waals surface area contributed by atoms with Crippen LogP contribution in [0.2, 0.25) is 0 Å². The van der Waals surface area contributed by atoms with Crippen molar-refractivity contribution in [3.63, 3.8) is 0 Å². The molecule has 4 rings (SSSR count). The highest BCUT2D eigenvalue weighted by Gasteiger charge is 2.46. The largest absolute Gasteiger partial charge is 0.705 e. The first-order chi connectivity index (χ1) is 16.1. The second kappa shape index (κ2) is 9.58. The van der Waals surface area contributed by atoms with Crippen LogP contribution in [-0.2, 0) is 29.2 Å². The van der Waals surface area contributed by atoms with E-state index in [4.69, 9.17) is 14.2 Å². The van der Waals surface area contributed by atoms with Crippen LogP contribution in [0.3, 0.4) is 0 Å². The van der Waals surface area contributed by atoms with Crippen molar-refractivity contribution >= 4 is 27.0 Å². The van der Waals surface area contributed by atoms with Crippen LogP contribution >= 0.6 is 16.1 Å². The summed E-state index contributed by atoms with van der Waals surface area (Å²) in [6.45, 7) is -1.08. The summed E-state index contributed by atoms with van der Waals surface area (Å²) in [5.74, 6) is 0. The lowest BCUT2D eigenvalue weighted by Crippen LogP contribution is -2.43. The molecular formula is C17H18N3O12P2+. The molecule has 5 unspecified atom stereocenters. The van der Waals surface area contributed by atoms with Crippen LogP contribution in [0.5, 0.6) is 0 Å². The van der Waals surface area contributed by atoms with Crippen molar-refractivity contribution < 1.29 is 47.2 Å². The summed E-state index contributed by atoms with van der Waals surface area (Å²) >= 11 is 0. The van der Waals surface area contributed by atoms with Crippen molar-refractivity contribution in [2.45, 2.75) is 31.1 Å². The zero-order valence-corrected chi connectivity index (χ0v) is 18.8. The van der Waals surface area contributed by atoms with E-state index in [1.54, 1.807) is 24.3 Å². The number of aromatic nitrogens is 3. The minimum Gasteiger partial charge on any atom is -0.387 e. The summed E-state index contributed by atoms with van der Waals surface area (Å²) in [5, 5.41) is 25.1. The third-order valence-electron chi connectivity index (χ3n) is 5.04. The molecule has 15 nitrogen and oxygen atoms in total. The Kier molecular flexibility index (Phi) is 6.92. The molecule has 3 aromatic rings. The topological polar surface area (TPSA) is 213 Å². The van der Waals surface area contributed by atoms with E-state index in [9.17, 15) is 33.8 Å². The Labute approximate surface area is 189 Å². The molecule has 0 aliphatic carbocycles. The molecule has 1 saturated heterocycles. The highest BCUT2D eigenvalue weighted by atomic mass is 31.2. The number of fused-ring (bicyclic) bond motifs is 1. The Morgan fingerprint density at radius 2 is 1.91 bits per heavy atom. The molecule has 34 heavy (non-hydrogen) atoms. The number of benzene rings is 1. The Morgan fingerprint density at radius 3 is 2.65 bits per heavy atom. The number of hydrogen-bond acceptors (Lipinski definition) is 11. The molecule has 0 bridgehead atoms. The molecule has 1 aliphatic rings. The van der Waals surface area contributed by atoms with Crippen molar-refractivity contribution in [2.75, 3.05) is 6.61 Å². The molecule has 0 amide bonds. The Bertz CT molecular complexity index is 1380. The number of para-hydroxylation sites is 1. The van der Waals surface area contributed by atoms with Gasteiger partial charge in [-0.3, -0.25) is 23.3 Å². The van der Waals surface area contributed by atoms with E-state index in [1.165, 1.54) is 0 Å². The van der Waals surface area contributed by atoms with Gasteiger partial charge in [0, 0.05) is 22.2 Å². The number of hydrogen-bond donors (Lipinski definition) is 4. The molecular weight excluding hydrogens is 500 g/mol. The van der Waals surface area contributed by atoms with Crippen LogP contribution < -0.4 is 11.2 Å². The maximum Gasteiger partial charge on any atom is 0.705 e. The molecule has 1 aliphatic heterocycles. The van der Waals surface area contributed by atoms with Gasteiger partial charge in [0.15, 0.2) is 11.8 Å². The SMILES string of the molecule is O=c1ccn(C2OC(COP(=O)(O)O[P+](=O)O)[C@H](O)C2O)c(=O)n1Cc1noc2ccccc12. The van der Waals surface area contributed by atoms with E-state index in [1.807, 2.05) is 0 Å². The Hall–Kier alpha value is -2.58. The van der Waals surface area contributed by atoms with Crippen LogP contribution in [0.4, 0.5) is 0 Å². The van der Waals surface area contributed by atoms with E-state index < -0.39 is 58.5 Å². The molecule has 0 spiro atoms. The summed E-state index contributed by atoms with van der Waals surface area (Å²) in [4.78, 5) is 43.3. The van der Waals surface area contributed by atoms with Gasteiger partial charge in [0.25, 0.3) is 5.56 Å². The molecule has 17 heteroatoms. The average Bonchev–Trinajstić information content (AvgIpc) is 3.30. The summed E-state index contributed by atoms with van der Waals surface area (Å²) < 4.78 is 42.8. The zero-order chi connectivity index (χ0) is 24.6. The maximum atomic E-state index is 13.0. The van der Waals surface area contributed by atoms with Gasteiger partial charge < -0.3 is 19.5 Å². The molecule has 1 fully saturated rings. The lowest BCUT2D eigenvalue weighted by molar-refractivity contribution is -0.0546. The summed E-state index contributed by atoms with van der Waals surface area (Å²) in [7, 11) is -8.40. The molecule has 1 aromatic carbocycles. The number of aliphatic hydroxyl groups excluding tert-OH is 2. The van der Waals surface area contributed by atoms with Gasteiger partial charge in [-0.25, -0.2) is 9.36 Å². The maximum absolute atomic E-state index is 13.0. The number of nitrogens with zero attached hydrogens (tertiary/aromatic N) is 3. The first-order valence-corrected chi connectivity index (χ1v) is 12.2. The number of rotatable bonds is 8. The second-order valence-corrected chi connectivity index (χ2v) is 9.51. The van der Waals surface area contributed by atoms with Crippen LogP contribution in [0.15, 0.2) is 50.6 Å². The molecule has 2 aromatic heterocycles. The second-order valence-electron chi connectivity index (χ2n) is 7.19. The number of phosphoric acid groups is 1. The van der Waals surface area contributed by atoms with Gasteiger partial charge >= 0.3 is 21.8 Å². The van der Waals surface area contributed by atoms with E-state index >= 15 is 0 Å². The van der Waals surface area contributed by atoms with E-state index in [0.717, 1.165) is 21.4 Å². The normalized spacial score (nSPS) is 24.9. The first kappa shape index (κ1) is 24.5. The van der Waals surface area contributed by atoms with Gasteiger partial charge in [0.05, 0.1) is 13.2 Å². The van der Waals surface area contributed by atoms with E-state index in [0.29, 0.717) is 16.7 Å². The van der Waals surface area contributed by atoms with Crippen LogP contribution in [0, 0.1) is 0 Å². The Balaban J connectivity index is 1.57. The highest BCUT2D eigenvalue weighted by molar-refractivity contribution is 7.55. The van der Waals surface area contributed by atoms with Crippen molar-refractivity contribution in [3.8, 4) is 0 Å². The lowest BCUT2D eigenvalue weighted by atomic mass is 10.1. The van der Waals surface area contributed by atoms with Gasteiger partial charge in [0.2, 0.25) is 0 Å². The predicted octanol–water partition coefficient (Wildman–Crippen LogP) is -0.398. The molecule has 3 heterocycles. The van der Waals surface area contributed by atoms with Crippen molar-refractivity contribution in [3.05, 3.63) is 63.1 Å². The highest BCUT2D eigenvalue weighted by Crippen LogP contribution is 2.51. The quantitative estimate of drug-likeness (QED) is 0.280. The average molecular weight is 518 g/mol. The summed E-state index contributed by atoms with van der Waals surface area (Å²) in [6, 6.07) is 7.88. The molecule has 4 N–H and O–H groups in total. The fourth-order valence-electron chi connectivity index (χ4n) is 3.45. The smallest absolute Gasteiger partial charge is 0.387 e. The van der Waals surface area contributed by atoms with Gasteiger partial charge in [0.1, 0.15) is 24.0 Å². The van der Waals surface area contributed by atoms with Gasteiger partial charge in [-0.05, 0) is 16.4 Å². The monoisotopic (exact) mass is 518 g/mol. The fourth-order valence-corrected chi connectivity index (χ4v) is 4.68. The molecule has 0 radical (unpaired) electrons. The van der Waals surface area contributed by atoms with E-state index in [-0.39, 0.29) is 6.54 Å². The van der Waals surface area contributed by atoms with Crippen LogP contribution in [0.25, 0.3) is 11.0 Å². The zero-order valence-electron chi connectivity index (χ0n) is 17.0. The molecule has 182 valence electrons. The Morgan fingerprint density at radius 1 is 1.18 bits per heavy atom. The molecule has 6 atom stereocenters. The van der Waals surface area contributed by atoms with Crippen molar-refractivity contribution in [1.82, 2.24) is 14.3 Å². The standard InChI is InChI=1S/C17H17N3O12P2/c21-13-5-6-19(17(24)20(13)7-10-9-3-1-2-4-11(9)31-18-10)16-15(23)14(22)12(30-16)8-29-34(27,28)32-33(25)26/h1-6,12,14-16,22-23H,7-8H2,(H-,25,26,27,28)/p+1/t12?,14-,15?,16?/m0/s1. The van der Waals surface area contributed by atoms with Crippen molar-refractivity contribution in [2.24, 2.45) is 0 Å². The molecule has 0 saturated carbocycles. The van der Waals surface area contributed by atoms with Crippen LogP contribution in [0.1, 0.15) is 11.9 Å². The summed E-state index contributed by atoms with van der Waals surface area (Å²) in [6.07, 6.45) is -5.24. The lowest BCUT2D eigenvalue weighted by Gasteiger charge is -2.18. The minimum absolute atomic E-state index is 0.252. The third-order valence-corrected chi connectivity index (χ3v) is 6.90. The number of aliphatic hydroxyl groups is 2. The van der Waals surface area contributed by atoms with Gasteiger partial charge in [-0.2, -0.15) is 0 Å². The van der Waals surface area contributed by atoms with Crippen molar-refractivity contribution in [1.29, 1.82) is 0 Å². The third kappa shape index (κ3) is 4.93. The van der Waals surface area contributed by atoms with E-state index in [2.05, 4.69) is 14.0 Å². The predicted molar refractivity (Wildman–Crippen MR) is 111 cm³/mol. The van der Waals surface area contributed by atoms with Crippen LogP contribution in [-0.4, -0.2) is 59.2 Å². The fraction of sp³-hybridized carbons (Fsp3) is 0.353.